The number of hydrogen-bond acceptors (Lipinski definition) is 2. The minimum Gasteiger partial charge on any atom is -0.378 e. The summed E-state index contributed by atoms with van der Waals surface area (Å²) in [5.41, 5.74) is 6.76. The van der Waals surface area contributed by atoms with Gasteiger partial charge in [0, 0.05) is 25.2 Å². The van der Waals surface area contributed by atoms with Gasteiger partial charge >= 0.3 is 0 Å². The third-order valence-electron chi connectivity index (χ3n) is 4.68. The van der Waals surface area contributed by atoms with Crippen LogP contribution in [-0.4, -0.2) is 19.1 Å². The topological polar surface area (TPSA) is 16.1 Å². The van der Waals surface area contributed by atoms with Gasteiger partial charge in [-0.15, -0.1) is 0 Å². The SMILES string of the molecule is CN(C)c1ccc(/C=C\c2cc(-c3ccccc3)c3ccccc3n2)cc1. The number of aromatic nitrogens is 1. The van der Waals surface area contributed by atoms with Gasteiger partial charge in [-0.05, 0) is 47.0 Å². The van der Waals surface area contributed by atoms with E-state index in [-0.39, 0.29) is 0 Å². The summed E-state index contributed by atoms with van der Waals surface area (Å²) >= 11 is 0. The second-order valence-corrected chi connectivity index (χ2v) is 6.80. The second kappa shape index (κ2) is 7.46. The smallest absolute Gasteiger partial charge is 0.0715 e. The van der Waals surface area contributed by atoms with E-state index in [2.05, 4.69) is 104 Å². The molecule has 0 unspecified atom stereocenters. The van der Waals surface area contributed by atoms with E-state index in [1.54, 1.807) is 0 Å². The van der Waals surface area contributed by atoms with Crippen LogP contribution in [0.5, 0.6) is 0 Å². The first-order valence-electron chi connectivity index (χ1n) is 9.11. The maximum atomic E-state index is 4.83. The van der Waals surface area contributed by atoms with E-state index in [0.717, 1.165) is 16.8 Å². The first-order valence-corrected chi connectivity index (χ1v) is 9.11. The second-order valence-electron chi connectivity index (χ2n) is 6.80. The lowest BCUT2D eigenvalue weighted by molar-refractivity contribution is 1.13. The van der Waals surface area contributed by atoms with Crippen molar-refractivity contribution in [3.8, 4) is 11.1 Å². The van der Waals surface area contributed by atoms with Crippen molar-refractivity contribution in [3.63, 3.8) is 0 Å². The van der Waals surface area contributed by atoms with Gasteiger partial charge in [-0.3, -0.25) is 0 Å². The van der Waals surface area contributed by atoms with Gasteiger partial charge in [0.2, 0.25) is 0 Å². The first kappa shape index (κ1) is 17.0. The minimum absolute atomic E-state index is 0.962. The Morgan fingerprint density at radius 2 is 1.44 bits per heavy atom. The summed E-state index contributed by atoms with van der Waals surface area (Å²) in [6.07, 6.45) is 4.20. The summed E-state index contributed by atoms with van der Waals surface area (Å²) in [6.45, 7) is 0. The van der Waals surface area contributed by atoms with Crippen LogP contribution in [0, 0.1) is 0 Å². The van der Waals surface area contributed by atoms with Gasteiger partial charge in [-0.2, -0.15) is 0 Å². The van der Waals surface area contributed by atoms with Gasteiger partial charge in [0.15, 0.2) is 0 Å². The number of nitrogens with zero attached hydrogens (tertiary/aromatic N) is 2. The quantitative estimate of drug-likeness (QED) is 0.439. The Hall–Kier alpha value is -3.39. The van der Waals surface area contributed by atoms with Gasteiger partial charge < -0.3 is 4.90 Å². The Bertz CT molecular complexity index is 1080. The lowest BCUT2D eigenvalue weighted by atomic mass is 10.00. The van der Waals surface area contributed by atoms with Crippen molar-refractivity contribution >= 4 is 28.7 Å². The number of rotatable bonds is 4. The van der Waals surface area contributed by atoms with Crippen LogP contribution in [0.25, 0.3) is 34.2 Å². The van der Waals surface area contributed by atoms with Gasteiger partial charge in [-0.25, -0.2) is 4.98 Å². The minimum atomic E-state index is 0.962. The predicted molar refractivity (Wildman–Crippen MR) is 117 cm³/mol. The molecule has 0 saturated carbocycles. The molecular weight excluding hydrogens is 328 g/mol. The standard InChI is InChI=1S/C25H22N2/c1-27(2)22-16-13-19(14-17-22)12-15-21-18-24(20-8-4-3-5-9-20)23-10-6-7-11-25(23)26-21/h3-18H,1-2H3/b15-12-. The number of para-hydroxylation sites is 1. The van der Waals surface area contributed by atoms with Crippen molar-refractivity contribution in [1.29, 1.82) is 0 Å². The predicted octanol–water partition coefficient (Wildman–Crippen LogP) is 6.14. The molecule has 4 aromatic rings. The number of benzene rings is 3. The molecule has 0 bridgehead atoms. The van der Waals surface area contributed by atoms with Gasteiger partial charge in [0.1, 0.15) is 0 Å². The molecule has 27 heavy (non-hydrogen) atoms. The Balaban J connectivity index is 1.74. The van der Waals surface area contributed by atoms with Crippen molar-refractivity contribution in [1.82, 2.24) is 4.98 Å². The van der Waals surface area contributed by atoms with Crippen LogP contribution < -0.4 is 4.90 Å². The number of hydrogen-bond donors (Lipinski definition) is 0. The van der Waals surface area contributed by atoms with Crippen LogP contribution in [0.1, 0.15) is 11.3 Å². The maximum absolute atomic E-state index is 4.83. The van der Waals surface area contributed by atoms with Crippen molar-refractivity contribution in [2.24, 2.45) is 0 Å². The normalized spacial score (nSPS) is 11.2. The largest absolute Gasteiger partial charge is 0.378 e. The van der Waals surface area contributed by atoms with Crippen LogP contribution in [0.15, 0.2) is 84.9 Å². The third kappa shape index (κ3) is 3.75. The molecule has 4 rings (SSSR count). The van der Waals surface area contributed by atoms with E-state index in [4.69, 9.17) is 4.98 Å². The molecule has 2 nitrogen and oxygen atoms in total. The summed E-state index contributed by atoms with van der Waals surface area (Å²) in [4.78, 5) is 6.93. The van der Waals surface area contributed by atoms with Crippen LogP contribution in [0.2, 0.25) is 0 Å². The molecule has 132 valence electrons. The molecule has 0 spiro atoms. The van der Waals surface area contributed by atoms with Gasteiger partial charge in [0.05, 0.1) is 11.2 Å². The molecule has 0 fully saturated rings. The zero-order valence-corrected chi connectivity index (χ0v) is 15.6. The summed E-state index contributed by atoms with van der Waals surface area (Å²) in [7, 11) is 4.10. The molecular formula is C25H22N2. The van der Waals surface area contributed by atoms with Crippen LogP contribution in [0.4, 0.5) is 5.69 Å². The fraction of sp³-hybridized carbons (Fsp3) is 0.0800. The van der Waals surface area contributed by atoms with E-state index in [0.29, 0.717) is 0 Å². The highest BCUT2D eigenvalue weighted by molar-refractivity contribution is 5.95. The van der Waals surface area contributed by atoms with E-state index < -0.39 is 0 Å². The molecule has 0 saturated heterocycles. The number of fused-ring (bicyclic) bond motifs is 1. The highest BCUT2D eigenvalue weighted by Gasteiger charge is 2.06. The molecule has 0 atom stereocenters. The Kier molecular flexibility index (Phi) is 4.71. The molecule has 1 aromatic heterocycles. The van der Waals surface area contributed by atoms with E-state index in [1.807, 2.05) is 12.1 Å². The molecule has 0 aliphatic heterocycles. The lowest BCUT2D eigenvalue weighted by Gasteiger charge is -2.11. The van der Waals surface area contributed by atoms with E-state index >= 15 is 0 Å². The Morgan fingerprint density at radius 1 is 0.741 bits per heavy atom. The fourth-order valence-corrected chi connectivity index (χ4v) is 3.20. The van der Waals surface area contributed by atoms with Crippen LogP contribution in [-0.2, 0) is 0 Å². The summed E-state index contributed by atoms with van der Waals surface area (Å²) < 4.78 is 0. The van der Waals surface area contributed by atoms with Crippen LogP contribution in [0.3, 0.4) is 0 Å². The average Bonchev–Trinajstić information content (AvgIpc) is 2.72. The van der Waals surface area contributed by atoms with E-state index in [1.165, 1.54) is 22.2 Å². The lowest BCUT2D eigenvalue weighted by Crippen LogP contribution is -2.07. The zero-order valence-electron chi connectivity index (χ0n) is 15.6. The first-order chi connectivity index (χ1) is 13.2. The Labute approximate surface area is 160 Å². The van der Waals surface area contributed by atoms with E-state index in [9.17, 15) is 0 Å². The van der Waals surface area contributed by atoms with Crippen molar-refractivity contribution in [2.75, 3.05) is 19.0 Å². The number of pyridine rings is 1. The number of anilines is 1. The van der Waals surface area contributed by atoms with Crippen molar-refractivity contribution in [3.05, 3.63) is 96.2 Å². The molecule has 3 aromatic carbocycles. The average molecular weight is 350 g/mol. The van der Waals surface area contributed by atoms with Gasteiger partial charge in [-0.1, -0.05) is 66.7 Å². The molecule has 0 aliphatic rings. The zero-order chi connectivity index (χ0) is 18.6. The summed E-state index contributed by atoms with van der Waals surface area (Å²) in [5, 5.41) is 1.18. The molecule has 0 N–H and O–H groups in total. The highest BCUT2D eigenvalue weighted by atomic mass is 15.1. The van der Waals surface area contributed by atoms with Crippen molar-refractivity contribution in [2.45, 2.75) is 0 Å². The fourth-order valence-electron chi connectivity index (χ4n) is 3.20. The molecule has 2 heteroatoms. The highest BCUT2D eigenvalue weighted by Crippen LogP contribution is 2.29. The van der Waals surface area contributed by atoms with Crippen molar-refractivity contribution < 1.29 is 0 Å². The summed E-state index contributed by atoms with van der Waals surface area (Å²) in [5.74, 6) is 0. The maximum Gasteiger partial charge on any atom is 0.0715 e. The third-order valence-corrected chi connectivity index (χ3v) is 4.68. The molecule has 1 heterocycles. The van der Waals surface area contributed by atoms with Crippen LogP contribution >= 0.6 is 0 Å². The summed E-state index contributed by atoms with van der Waals surface area (Å²) in [6, 6.07) is 29.5. The molecule has 0 radical (unpaired) electrons. The monoisotopic (exact) mass is 350 g/mol. The Morgan fingerprint density at radius 3 is 2.19 bits per heavy atom. The van der Waals surface area contributed by atoms with Gasteiger partial charge in [0.25, 0.3) is 0 Å². The molecule has 0 aliphatic carbocycles. The molecule has 0 amide bonds.